The van der Waals surface area contributed by atoms with Gasteiger partial charge in [-0.2, -0.15) is 0 Å². The molecule has 0 amide bonds. The number of carbonyl (C=O) groups is 1. The molecule has 1 saturated heterocycles. The zero-order chi connectivity index (χ0) is 11.5. The van der Waals surface area contributed by atoms with Crippen molar-refractivity contribution in [2.75, 3.05) is 19.8 Å². The van der Waals surface area contributed by atoms with Crippen LogP contribution in [0.2, 0.25) is 0 Å². The van der Waals surface area contributed by atoms with E-state index in [0.717, 1.165) is 38.5 Å². The molecule has 16 heavy (non-hydrogen) atoms. The molecule has 2 fully saturated rings. The van der Waals surface area contributed by atoms with E-state index in [9.17, 15) is 4.79 Å². The second-order valence-corrected chi connectivity index (χ2v) is 5.00. The molecule has 0 spiro atoms. The Labute approximate surface area is 96.6 Å². The molecule has 0 aromatic rings. The lowest BCUT2D eigenvalue weighted by Gasteiger charge is -2.36. The molecule has 92 valence electrons. The van der Waals surface area contributed by atoms with Gasteiger partial charge in [-0.3, -0.25) is 9.69 Å². The van der Waals surface area contributed by atoms with Crippen molar-refractivity contribution in [2.45, 2.75) is 44.7 Å². The van der Waals surface area contributed by atoms with Crippen LogP contribution in [0, 0.1) is 5.92 Å². The van der Waals surface area contributed by atoms with Gasteiger partial charge in [-0.15, -0.1) is 0 Å². The van der Waals surface area contributed by atoms with Gasteiger partial charge in [0, 0.05) is 25.8 Å². The van der Waals surface area contributed by atoms with E-state index in [1.54, 1.807) is 6.92 Å². The lowest BCUT2D eigenvalue weighted by Crippen LogP contribution is -2.48. The minimum atomic E-state index is -0.702. The molecule has 0 unspecified atom stereocenters. The van der Waals surface area contributed by atoms with Gasteiger partial charge in [0.15, 0.2) is 0 Å². The number of hydrogen-bond donors (Lipinski definition) is 1. The third-order valence-corrected chi connectivity index (χ3v) is 3.68. The van der Waals surface area contributed by atoms with Crippen LogP contribution in [0.25, 0.3) is 0 Å². The van der Waals surface area contributed by atoms with Crippen LogP contribution in [0.3, 0.4) is 0 Å². The maximum Gasteiger partial charge on any atom is 0.320 e. The van der Waals surface area contributed by atoms with Gasteiger partial charge in [0.05, 0.1) is 0 Å². The molecule has 0 radical (unpaired) electrons. The summed E-state index contributed by atoms with van der Waals surface area (Å²) in [7, 11) is 0. The van der Waals surface area contributed by atoms with Crippen LogP contribution in [0.4, 0.5) is 0 Å². The number of carboxylic acids is 1. The van der Waals surface area contributed by atoms with Crippen molar-refractivity contribution in [3.8, 4) is 0 Å². The Balaban J connectivity index is 1.96. The first-order chi connectivity index (χ1) is 7.68. The first-order valence-electron chi connectivity index (χ1n) is 6.24. The van der Waals surface area contributed by atoms with Crippen LogP contribution in [0.1, 0.15) is 32.6 Å². The fraction of sp³-hybridized carbons (Fsp3) is 0.917. The monoisotopic (exact) mass is 227 g/mol. The second-order valence-electron chi connectivity index (χ2n) is 5.00. The molecular formula is C12H21NO3. The highest BCUT2D eigenvalue weighted by Crippen LogP contribution is 2.32. The fourth-order valence-corrected chi connectivity index (χ4v) is 2.38. The molecule has 1 atom stereocenters. The third kappa shape index (κ3) is 2.95. The van der Waals surface area contributed by atoms with Crippen molar-refractivity contribution in [1.29, 1.82) is 0 Å². The lowest BCUT2D eigenvalue weighted by atomic mass is 10.0. The summed E-state index contributed by atoms with van der Waals surface area (Å²) in [6.07, 6.45) is 4.49. The van der Waals surface area contributed by atoms with Gasteiger partial charge in [-0.05, 0) is 38.5 Å². The summed E-state index contributed by atoms with van der Waals surface area (Å²) in [5.41, 5.74) is 0. The Kier molecular flexibility index (Phi) is 3.82. The van der Waals surface area contributed by atoms with E-state index >= 15 is 0 Å². The van der Waals surface area contributed by atoms with Crippen LogP contribution in [-0.4, -0.2) is 47.8 Å². The fourth-order valence-electron chi connectivity index (χ4n) is 2.38. The zero-order valence-electron chi connectivity index (χ0n) is 9.89. The Bertz CT molecular complexity index is 247. The molecule has 1 saturated carbocycles. The molecule has 1 heterocycles. The molecule has 2 rings (SSSR count). The number of hydrogen-bond acceptors (Lipinski definition) is 3. The van der Waals surface area contributed by atoms with Gasteiger partial charge in [-0.25, -0.2) is 0 Å². The summed E-state index contributed by atoms with van der Waals surface area (Å²) in [5, 5.41) is 9.14. The normalized spacial score (nSPS) is 24.6. The van der Waals surface area contributed by atoms with Gasteiger partial charge in [0.2, 0.25) is 0 Å². The van der Waals surface area contributed by atoms with Crippen molar-refractivity contribution in [3.63, 3.8) is 0 Å². The molecule has 0 aromatic carbocycles. The SMILES string of the molecule is C[C@H](C(=O)O)N(CC1CC1)C1CCOCC1. The van der Waals surface area contributed by atoms with Gasteiger partial charge >= 0.3 is 5.97 Å². The first kappa shape index (κ1) is 11.9. The number of rotatable bonds is 5. The van der Waals surface area contributed by atoms with Gasteiger partial charge in [0.25, 0.3) is 0 Å². The van der Waals surface area contributed by atoms with Crippen molar-refractivity contribution in [3.05, 3.63) is 0 Å². The lowest BCUT2D eigenvalue weighted by molar-refractivity contribution is -0.144. The van der Waals surface area contributed by atoms with Crippen LogP contribution in [0.15, 0.2) is 0 Å². The largest absolute Gasteiger partial charge is 0.480 e. The minimum absolute atomic E-state index is 0.358. The molecule has 2 aliphatic rings. The Morgan fingerprint density at radius 1 is 1.38 bits per heavy atom. The highest BCUT2D eigenvalue weighted by molar-refractivity contribution is 5.72. The number of nitrogens with zero attached hydrogens (tertiary/aromatic N) is 1. The van der Waals surface area contributed by atoms with Crippen molar-refractivity contribution in [2.24, 2.45) is 5.92 Å². The molecule has 0 aromatic heterocycles. The average Bonchev–Trinajstić information content (AvgIpc) is 3.10. The smallest absolute Gasteiger partial charge is 0.320 e. The molecule has 1 aliphatic carbocycles. The van der Waals surface area contributed by atoms with E-state index in [1.807, 2.05) is 0 Å². The highest BCUT2D eigenvalue weighted by atomic mass is 16.5. The molecule has 4 heteroatoms. The van der Waals surface area contributed by atoms with Crippen LogP contribution < -0.4 is 0 Å². The van der Waals surface area contributed by atoms with Gasteiger partial charge < -0.3 is 9.84 Å². The maximum absolute atomic E-state index is 11.1. The highest BCUT2D eigenvalue weighted by Gasteiger charge is 2.34. The second kappa shape index (κ2) is 5.15. The summed E-state index contributed by atoms with van der Waals surface area (Å²) < 4.78 is 5.34. The Morgan fingerprint density at radius 3 is 2.50 bits per heavy atom. The van der Waals surface area contributed by atoms with Crippen molar-refractivity contribution < 1.29 is 14.6 Å². The van der Waals surface area contributed by atoms with E-state index in [-0.39, 0.29) is 6.04 Å². The van der Waals surface area contributed by atoms with E-state index in [1.165, 1.54) is 12.8 Å². The minimum Gasteiger partial charge on any atom is -0.480 e. The topological polar surface area (TPSA) is 49.8 Å². The molecule has 1 aliphatic heterocycles. The predicted molar refractivity (Wildman–Crippen MR) is 60.4 cm³/mol. The van der Waals surface area contributed by atoms with E-state index in [2.05, 4.69) is 4.90 Å². The van der Waals surface area contributed by atoms with Crippen molar-refractivity contribution >= 4 is 5.97 Å². The molecule has 4 nitrogen and oxygen atoms in total. The predicted octanol–water partition coefficient (Wildman–Crippen LogP) is 1.35. The third-order valence-electron chi connectivity index (χ3n) is 3.68. The van der Waals surface area contributed by atoms with E-state index in [4.69, 9.17) is 9.84 Å². The summed E-state index contributed by atoms with van der Waals surface area (Å²) in [6.45, 7) is 4.31. The quantitative estimate of drug-likeness (QED) is 0.770. The molecule has 1 N–H and O–H groups in total. The van der Waals surface area contributed by atoms with Gasteiger partial charge in [-0.1, -0.05) is 0 Å². The summed E-state index contributed by atoms with van der Waals surface area (Å²) >= 11 is 0. The van der Waals surface area contributed by atoms with Crippen LogP contribution in [0.5, 0.6) is 0 Å². The summed E-state index contributed by atoms with van der Waals surface area (Å²) in [4.78, 5) is 13.3. The van der Waals surface area contributed by atoms with Crippen LogP contribution in [-0.2, 0) is 9.53 Å². The number of ether oxygens (including phenoxy) is 1. The van der Waals surface area contributed by atoms with Crippen molar-refractivity contribution in [1.82, 2.24) is 4.90 Å². The molecular weight excluding hydrogens is 206 g/mol. The summed E-state index contributed by atoms with van der Waals surface area (Å²) in [5.74, 6) is 0.0387. The Hall–Kier alpha value is -0.610. The Morgan fingerprint density at radius 2 is 2.00 bits per heavy atom. The zero-order valence-corrected chi connectivity index (χ0v) is 9.89. The van der Waals surface area contributed by atoms with Crippen LogP contribution >= 0.6 is 0 Å². The standard InChI is InChI=1S/C12H21NO3/c1-9(12(14)15)13(8-10-2-3-10)11-4-6-16-7-5-11/h9-11H,2-8H2,1H3,(H,14,15)/t9-/m1/s1. The number of aliphatic carboxylic acids is 1. The van der Waals surface area contributed by atoms with Gasteiger partial charge in [0.1, 0.15) is 6.04 Å². The van der Waals surface area contributed by atoms with E-state index in [0.29, 0.717) is 6.04 Å². The number of carboxylic acid groups (broad SMARTS) is 1. The first-order valence-corrected chi connectivity index (χ1v) is 6.24. The summed E-state index contributed by atoms with van der Waals surface area (Å²) in [6, 6.07) is 0.0455. The molecule has 0 bridgehead atoms. The maximum atomic E-state index is 11.1. The van der Waals surface area contributed by atoms with E-state index < -0.39 is 5.97 Å². The average molecular weight is 227 g/mol.